The molecule has 15 heavy (non-hydrogen) atoms. The van der Waals surface area contributed by atoms with Crippen LogP contribution >= 0.6 is 0 Å². The van der Waals surface area contributed by atoms with Gasteiger partial charge in [0.1, 0.15) is 0 Å². The molecule has 0 amide bonds. The summed E-state index contributed by atoms with van der Waals surface area (Å²) in [5.41, 5.74) is 0.794. The molecule has 1 aromatic carbocycles. The van der Waals surface area contributed by atoms with Gasteiger partial charge in [-0.1, -0.05) is 12.1 Å². The van der Waals surface area contributed by atoms with Crippen molar-refractivity contribution in [3.05, 3.63) is 24.3 Å². The van der Waals surface area contributed by atoms with Crippen LogP contribution in [-0.4, -0.2) is 38.9 Å². The molecule has 0 aliphatic heterocycles. The molecule has 0 bridgehead atoms. The highest BCUT2D eigenvalue weighted by atomic mass is 32.2. The van der Waals surface area contributed by atoms with Crippen molar-refractivity contribution in [2.24, 2.45) is 0 Å². The lowest BCUT2D eigenvalue weighted by atomic mass is 9.80. The van der Waals surface area contributed by atoms with Crippen molar-refractivity contribution in [2.75, 3.05) is 17.6 Å². The van der Waals surface area contributed by atoms with Gasteiger partial charge in [-0.15, -0.1) is 0 Å². The van der Waals surface area contributed by atoms with Crippen LogP contribution < -0.4 is 9.77 Å². The Kier molecular flexibility index (Phi) is 3.38. The SMILES string of the molecule is CN(c1ccc(B(O)O)cc1)S(C)(=O)=O. The van der Waals surface area contributed by atoms with Crippen LogP contribution in [-0.2, 0) is 10.0 Å². The quantitative estimate of drug-likeness (QED) is 0.635. The fourth-order valence-corrected chi connectivity index (χ4v) is 1.55. The Morgan fingerprint density at radius 3 is 2.00 bits per heavy atom. The Hall–Kier alpha value is -1.05. The minimum atomic E-state index is -3.28. The van der Waals surface area contributed by atoms with Gasteiger partial charge in [-0.2, -0.15) is 0 Å². The van der Waals surface area contributed by atoms with Gasteiger partial charge in [0.05, 0.1) is 11.9 Å². The second kappa shape index (κ2) is 4.22. The van der Waals surface area contributed by atoms with Gasteiger partial charge in [0.2, 0.25) is 10.0 Å². The number of hydrogen-bond acceptors (Lipinski definition) is 4. The molecule has 82 valence electrons. The average molecular weight is 229 g/mol. The summed E-state index contributed by atoms with van der Waals surface area (Å²) in [6.45, 7) is 0. The fraction of sp³-hybridized carbons (Fsp3) is 0.250. The van der Waals surface area contributed by atoms with Crippen molar-refractivity contribution in [2.45, 2.75) is 0 Å². The number of rotatable bonds is 3. The summed E-state index contributed by atoms with van der Waals surface area (Å²) in [5, 5.41) is 17.7. The molecule has 0 aromatic heterocycles. The van der Waals surface area contributed by atoms with Crippen molar-refractivity contribution < 1.29 is 18.5 Å². The zero-order chi connectivity index (χ0) is 11.6. The van der Waals surface area contributed by atoms with Gasteiger partial charge in [-0.05, 0) is 17.6 Å². The molecule has 0 atom stereocenters. The third-order valence-electron chi connectivity index (χ3n) is 2.05. The first kappa shape index (κ1) is 12.0. The molecule has 5 nitrogen and oxygen atoms in total. The molecule has 1 aromatic rings. The van der Waals surface area contributed by atoms with E-state index in [9.17, 15) is 8.42 Å². The first-order valence-electron chi connectivity index (χ1n) is 4.22. The molecule has 0 unspecified atom stereocenters. The van der Waals surface area contributed by atoms with Gasteiger partial charge in [0, 0.05) is 7.05 Å². The van der Waals surface area contributed by atoms with Crippen LogP contribution in [0.25, 0.3) is 0 Å². The maximum absolute atomic E-state index is 11.2. The van der Waals surface area contributed by atoms with Gasteiger partial charge < -0.3 is 10.0 Å². The third kappa shape index (κ3) is 2.95. The van der Waals surface area contributed by atoms with E-state index in [-0.39, 0.29) is 0 Å². The van der Waals surface area contributed by atoms with E-state index in [1.807, 2.05) is 0 Å². The van der Waals surface area contributed by atoms with E-state index in [1.54, 1.807) is 0 Å². The molecule has 0 saturated carbocycles. The van der Waals surface area contributed by atoms with Crippen molar-refractivity contribution in [1.29, 1.82) is 0 Å². The summed E-state index contributed by atoms with van der Waals surface area (Å²) in [6, 6.07) is 5.94. The van der Waals surface area contributed by atoms with Crippen molar-refractivity contribution >= 4 is 28.3 Å². The van der Waals surface area contributed by atoms with E-state index in [0.717, 1.165) is 10.6 Å². The van der Waals surface area contributed by atoms with E-state index in [2.05, 4.69) is 0 Å². The Labute approximate surface area is 89.2 Å². The number of benzene rings is 1. The zero-order valence-corrected chi connectivity index (χ0v) is 9.27. The van der Waals surface area contributed by atoms with E-state index in [0.29, 0.717) is 11.2 Å². The highest BCUT2D eigenvalue weighted by Gasteiger charge is 2.14. The van der Waals surface area contributed by atoms with E-state index < -0.39 is 17.1 Å². The Morgan fingerprint density at radius 2 is 1.67 bits per heavy atom. The lowest BCUT2D eigenvalue weighted by Gasteiger charge is -2.16. The van der Waals surface area contributed by atoms with Gasteiger partial charge in [-0.25, -0.2) is 8.42 Å². The summed E-state index contributed by atoms with van der Waals surface area (Å²) in [7, 11) is -3.39. The molecule has 0 radical (unpaired) electrons. The van der Waals surface area contributed by atoms with Gasteiger partial charge >= 0.3 is 7.12 Å². The molecule has 1 rings (SSSR count). The van der Waals surface area contributed by atoms with Crippen LogP contribution in [0.4, 0.5) is 5.69 Å². The molecule has 7 heteroatoms. The topological polar surface area (TPSA) is 77.8 Å². The number of sulfonamides is 1. The van der Waals surface area contributed by atoms with Gasteiger partial charge in [0.15, 0.2) is 0 Å². The zero-order valence-electron chi connectivity index (χ0n) is 8.45. The van der Waals surface area contributed by atoms with E-state index in [4.69, 9.17) is 10.0 Å². The molecule has 0 aliphatic rings. The van der Waals surface area contributed by atoms with Crippen LogP contribution in [0.2, 0.25) is 0 Å². The predicted octanol–water partition coefficient (Wildman–Crippen LogP) is -1.24. The molecular formula is C8H12BNO4S. The maximum atomic E-state index is 11.2. The molecule has 0 heterocycles. The summed E-state index contributed by atoms with van der Waals surface area (Å²) < 4.78 is 23.5. The summed E-state index contributed by atoms with van der Waals surface area (Å²) in [4.78, 5) is 0. The Balaban J connectivity index is 3.00. The highest BCUT2D eigenvalue weighted by Crippen LogP contribution is 2.13. The number of nitrogens with zero attached hydrogens (tertiary/aromatic N) is 1. The van der Waals surface area contributed by atoms with Crippen LogP contribution in [0.3, 0.4) is 0 Å². The molecular weight excluding hydrogens is 217 g/mol. The minimum absolute atomic E-state index is 0.320. The molecule has 0 aliphatic carbocycles. The standard InChI is InChI=1S/C8H12BNO4S/c1-10(15(2,13)14)8-5-3-7(4-6-8)9(11)12/h3-6,11-12H,1-2H3. The highest BCUT2D eigenvalue weighted by molar-refractivity contribution is 7.92. The Bertz CT molecular complexity index is 428. The molecule has 0 fully saturated rings. The minimum Gasteiger partial charge on any atom is -0.423 e. The first-order valence-corrected chi connectivity index (χ1v) is 6.07. The monoisotopic (exact) mass is 229 g/mol. The van der Waals surface area contributed by atoms with Crippen LogP contribution in [0.5, 0.6) is 0 Å². The van der Waals surface area contributed by atoms with Crippen LogP contribution in [0.15, 0.2) is 24.3 Å². The fourth-order valence-electron chi connectivity index (χ4n) is 1.05. The van der Waals surface area contributed by atoms with Gasteiger partial charge in [-0.3, -0.25) is 4.31 Å². The van der Waals surface area contributed by atoms with E-state index in [1.165, 1.54) is 31.3 Å². The first-order chi connectivity index (χ1) is 6.82. The van der Waals surface area contributed by atoms with Gasteiger partial charge in [0.25, 0.3) is 0 Å². The third-order valence-corrected chi connectivity index (χ3v) is 3.26. The van der Waals surface area contributed by atoms with E-state index >= 15 is 0 Å². The van der Waals surface area contributed by atoms with Crippen molar-refractivity contribution in [1.82, 2.24) is 0 Å². The summed E-state index contributed by atoms with van der Waals surface area (Å²) in [6.07, 6.45) is 1.10. The number of hydrogen-bond donors (Lipinski definition) is 2. The van der Waals surface area contributed by atoms with Crippen molar-refractivity contribution in [3.8, 4) is 0 Å². The molecule has 0 spiro atoms. The largest absolute Gasteiger partial charge is 0.488 e. The van der Waals surface area contributed by atoms with Crippen LogP contribution in [0, 0.1) is 0 Å². The average Bonchev–Trinajstić information content (AvgIpc) is 2.15. The van der Waals surface area contributed by atoms with Crippen molar-refractivity contribution in [3.63, 3.8) is 0 Å². The second-order valence-corrected chi connectivity index (χ2v) is 5.21. The molecule has 0 saturated heterocycles. The predicted molar refractivity (Wildman–Crippen MR) is 59.5 cm³/mol. The second-order valence-electron chi connectivity index (χ2n) is 3.20. The summed E-state index contributed by atoms with van der Waals surface area (Å²) >= 11 is 0. The number of anilines is 1. The normalized spacial score (nSPS) is 11.2. The maximum Gasteiger partial charge on any atom is 0.488 e. The summed E-state index contributed by atoms with van der Waals surface area (Å²) in [5.74, 6) is 0. The molecule has 2 N–H and O–H groups in total. The smallest absolute Gasteiger partial charge is 0.423 e. The Morgan fingerprint density at radius 1 is 1.20 bits per heavy atom. The lowest BCUT2D eigenvalue weighted by molar-refractivity contribution is 0.426. The lowest BCUT2D eigenvalue weighted by Crippen LogP contribution is -2.30. The van der Waals surface area contributed by atoms with Crippen LogP contribution in [0.1, 0.15) is 0 Å².